The lowest BCUT2D eigenvalue weighted by Crippen LogP contribution is -2.14. The molecule has 1 heterocycles. The molecule has 1 aromatic heterocycles. The number of imidazole rings is 1. The Bertz CT molecular complexity index is 1080. The smallest absolute Gasteiger partial charge is 0.354 e. The van der Waals surface area contributed by atoms with Gasteiger partial charge in [-0.2, -0.15) is 0 Å². The van der Waals surface area contributed by atoms with Crippen LogP contribution in [0.3, 0.4) is 0 Å². The first-order valence-electron chi connectivity index (χ1n) is 10.3. The minimum Gasteiger partial charge on any atom is -0.478 e. The topological polar surface area (TPSA) is 113 Å². The van der Waals surface area contributed by atoms with Crippen molar-refractivity contribution in [3.05, 3.63) is 76.9 Å². The molecule has 1 atom stereocenters. The lowest BCUT2D eigenvalue weighted by molar-refractivity contribution is 0.0673. The van der Waals surface area contributed by atoms with Crippen LogP contribution in [0.1, 0.15) is 70.7 Å². The van der Waals surface area contributed by atoms with Crippen molar-refractivity contribution in [1.82, 2.24) is 9.55 Å². The van der Waals surface area contributed by atoms with Gasteiger partial charge in [0.2, 0.25) is 0 Å². The molecule has 3 N–H and O–H groups in total. The van der Waals surface area contributed by atoms with Crippen molar-refractivity contribution < 1.29 is 24.9 Å². The summed E-state index contributed by atoms with van der Waals surface area (Å²) in [4.78, 5) is 27.9. The van der Waals surface area contributed by atoms with E-state index < -0.39 is 18.0 Å². The van der Waals surface area contributed by atoms with Gasteiger partial charge in [0.25, 0.3) is 0 Å². The lowest BCUT2D eigenvalue weighted by atomic mass is 9.98. The van der Waals surface area contributed by atoms with Crippen molar-refractivity contribution in [3.8, 4) is 11.1 Å². The minimum absolute atomic E-state index is 0.00130. The van der Waals surface area contributed by atoms with Crippen molar-refractivity contribution in [3.63, 3.8) is 0 Å². The summed E-state index contributed by atoms with van der Waals surface area (Å²) >= 11 is 0. The first kappa shape index (κ1) is 22.2. The zero-order chi connectivity index (χ0) is 22.5. The molecule has 0 saturated heterocycles. The molecule has 0 spiro atoms. The summed E-state index contributed by atoms with van der Waals surface area (Å²) < 4.78 is 1.65. The number of hydrogen-bond donors (Lipinski definition) is 3. The highest BCUT2D eigenvalue weighted by Gasteiger charge is 2.25. The molecule has 31 heavy (non-hydrogen) atoms. The Hall–Kier alpha value is -3.45. The highest BCUT2D eigenvalue weighted by atomic mass is 16.4. The van der Waals surface area contributed by atoms with E-state index in [1.54, 1.807) is 28.8 Å². The van der Waals surface area contributed by atoms with Gasteiger partial charge in [-0.25, -0.2) is 14.6 Å². The third-order valence-corrected chi connectivity index (χ3v) is 5.19. The van der Waals surface area contributed by atoms with Crippen molar-refractivity contribution in [2.75, 3.05) is 0 Å². The van der Waals surface area contributed by atoms with Gasteiger partial charge in [-0.3, -0.25) is 0 Å². The summed E-state index contributed by atoms with van der Waals surface area (Å²) in [5.74, 6) is -1.48. The van der Waals surface area contributed by atoms with Gasteiger partial charge >= 0.3 is 11.9 Å². The highest BCUT2D eigenvalue weighted by Crippen LogP contribution is 2.26. The van der Waals surface area contributed by atoms with E-state index in [9.17, 15) is 24.9 Å². The van der Waals surface area contributed by atoms with Gasteiger partial charge in [-0.05, 0) is 36.1 Å². The largest absolute Gasteiger partial charge is 0.478 e. The second-order valence-electron chi connectivity index (χ2n) is 7.48. The van der Waals surface area contributed by atoms with Gasteiger partial charge in [-0.15, -0.1) is 0 Å². The lowest BCUT2D eigenvalue weighted by Gasteiger charge is -2.12. The van der Waals surface area contributed by atoms with Gasteiger partial charge in [0.05, 0.1) is 11.7 Å². The van der Waals surface area contributed by atoms with Gasteiger partial charge in [0.1, 0.15) is 11.5 Å². The number of nitrogens with zero attached hydrogens (tertiary/aromatic N) is 2. The minimum atomic E-state index is -1.13. The number of benzene rings is 2. The van der Waals surface area contributed by atoms with Crippen LogP contribution in [-0.4, -0.2) is 36.8 Å². The summed E-state index contributed by atoms with van der Waals surface area (Å²) in [6, 6.07) is 14.2. The predicted molar refractivity (Wildman–Crippen MR) is 116 cm³/mol. The number of aromatic nitrogens is 2. The van der Waals surface area contributed by atoms with Crippen LogP contribution in [0.2, 0.25) is 0 Å². The van der Waals surface area contributed by atoms with E-state index >= 15 is 0 Å². The van der Waals surface area contributed by atoms with Crippen LogP contribution < -0.4 is 0 Å². The molecule has 2 aromatic carbocycles. The number of carboxylic acids is 2. The third kappa shape index (κ3) is 4.83. The average molecular weight is 422 g/mol. The van der Waals surface area contributed by atoms with Crippen LogP contribution in [0.5, 0.6) is 0 Å². The number of aliphatic hydroxyl groups excluding tert-OH is 1. The van der Waals surface area contributed by atoms with Crippen LogP contribution >= 0.6 is 0 Å². The van der Waals surface area contributed by atoms with Crippen LogP contribution in [-0.2, 0) is 13.0 Å². The Balaban J connectivity index is 1.97. The van der Waals surface area contributed by atoms with E-state index in [1.165, 1.54) is 6.92 Å². The fraction of sp³-hybridized carbons (Fsp3) is 0.292. The second kappa shape index (κ2) is 9.57. The molecule has 0 aliphatic rings. The van der Waals surface area contributed by atoms with Crippen molar-refractivity contribution in [2.24, 2.45) is 0 Å². The Morgan fingerprint density at radius 2 is 1.71 bits per heavy atom. The molecule has 7 nitrogen and oxygen atoms in total. The molecule has 0 amide bonds. The van der Waals surface area contributed by atoms with Crippen LogP contribution in [0.25, 0.3) is 11.1 Å². The normalized spacial score (nSPS) is 12.0. The molecule has 7 heteroatoms. The summed E-state index contributed by atoms with van der Waals surface area (Å²) in [5.41, 5.74) is 2.64. The molecule has 0 fully saturated rings. The van der Waals surface area contributed by atoms with E-state index in [0.717, 1.165) is 24.0 Å². The maximum atomic E-state index is 11.9. The predicted octanol–water partition coefficient (Wildman–Crippen LogP) is 4.39. The Morgan fingerprint density at radius 3 is 2.29 bits per heavy atom. The summed E-state index contributed by atoms with van der Waals surface area (Å²) in [6.07, 6.45) is 1.44. The summed E-state index contributed by atoms with van der Waals surface area (Å²) in [6.45, 7) is 3.85. The zero-order valence-electron chi connectivity index (χ0n) is 17.6. The number of hydrogen-bond acceptors (Lipinski definition) is 4. The Morgan fingerprint density at radius 1 is 1.03 bits per heavy atom. The molecule has 0 bridgehead atoms. The van der Waals surface area contributed by atoms with Gasteiger partial charge in [-0.1, -0.05) is 55.8 Å². The van der Waals surface area contributed by atoms with Crippen LogP contribution in [0.4, 0.5) is 0 Å². The number of unbranched alkanes of at least 4 members (excludes halogenated alkanes) is 1. The van der Waals surface area contributed by atoms with E-state index in [4.69, 9.17) is 0 Å². The summed E-state index contributed by atoms with van der Waals surface area (Å²) in [7, 11) is 0. The van der Waals surface area contributed by atoms with Gasteiger partial charge in [0.15, 0.2) is 5.69 Å². The van der Waals surface area contributed by atoms with E-state index in [2.05, 4.69) is 11.9 Å². The average Bonchev–Trinajstić information content (AvgIpc) is 3.11. The van der Waals surface area contributed by atoms with Crippen LogP contribution in [0, 0.1) is 0 Å². The van der Waals surface area contributed by atoms with Crippen molar-refractivity contribution in [1.29, 1.82) is 0 Å². The monoisotopic (exact) mass is 422 g/mol. The fourth-order valence-electron chi connectivity index (χ4n) is 3.63. The molecule has 0 aliphatic heterocycles. The maximum absolute atomic E-state index is 11.9. The van der Waals surface area contributed by atoms with E-state index in [-0.39, 0.29) is 17.0 Å². The number of aromatic carboxylic acids is 2. The van der Waals surface area contributed by atoms with E-state index in [1.807, 2.05) is 24.3 Å². The van der Waals surface area contributed by atoms with Crippen molar-refractivity contribution in [2.45, 2.75) is 45.8 Å². The third-order valence-electron chi connectivity index (χ3n) is 5.19. The SMILES string of the molecule is CCCCc1nc(C(C)O)c(C(=O)O)n1Cc1ccc(-c2ccccc2C(=O)O)cc1. The zero-order valence-corrected chi connectivity index (χ0v) is 17.6. The summed E-state index contributed by atoms with van der Waals surface area (Å²) in [5, 5.41) is 29.2. The molecule has 3 rings (SSSR count). The highest BCUT2D eigenvalue weighted by molar-refractivity contribution is 5.96. The molecule has 0 radical (unpaired) electrons. The quantitative estimate of drug-likeness (QED) is 0.471. The van der Waals surface area contributed by atoms with Gasteiger partial charge < -0.3 is 19.9 Å². The fourth-order valence-corrected chi connectivity index (χ4v) is 3.63. The number of aryl methyl sites for hydroxylation is 1. The Labute approximate surface area is 180 Å². The first-order chi connectivity index (χ1) is 14.8. The number of carboxylic acid groups (broad SMARTS) is 2. The van der Waals surface area contributed by atoms with Crippen molar-refractivity contribution >= 4 is 11.9 Å². The molecule has 1 unspecified atom stereocenters. The molecule has 162 valence electrons. The van der Waals surface area contributed by atoms with Crippen LogP contribution in [0.15, 0.2) is 48.5 Å². The maximum Gasteiger partial charge on any atom is 0.354 e. The number of aliphatic hydroxyl groups is 1. The van der Waals surface area contributed by atoms with E-state index in [0.29, 0.717) is 24.4 Å². The molecule has 3 aromatic rings. The molecular formula is C24H26N2O5. The van der Waals surface area contributed by atoms with Gasteiger partial charge in [0, 0.05) is 13.0 Å². The Kier molecular flexibility index (Phi) is 6.87. The molecule has 0 aliphatic carbocycles. The molecule has 0 saturated carbocycles. The second-order valence-corrected chi connectivity index (χ2v) is 7.48. The molecular weight excluding hydrogens is 396 g/mol. The number of rotatable bonds is 9. The number of carbonyl (C=O) groups is 2. The standard InChI is InChI=1S/C24H26N2O5/c1-3-4-9-20-25-21(15(2)27)22(24(30)31)26(20)14-16-10-12-17(13-11-16)18-7-5-6-8-19(18)23(28)29/h5-8,10-13,15,27H,3-4,9,14H2,1-2H3,(H,28,29)(H,30,31). The first-order valence-corrected chi connectivity index (χ1v) is 10.3.